The van der Waals surface area contributed by atoms with Crippen LogP contribution < -0.4 is 11.1 Å². The topological polar surface area (TPSA) is 81.4 Å². The van der Waals surface area contributed by atoms with Gasteiger partial charge in [0.25, 0.3) is 5.91 Å². The fourth-order valence-electron chi connectivity index (χ4n) is 2.79. The monoisotopic (exact) mass is 360 g/mol. The van der Waals surface area contributed by atoms with Crippen LogP contribution in [0.15, 0.2) is 54.6 Å². The first-order valence-electron chi connectivity index (χ1n) is 8.03. The van der Waals surface area contributed by atoms with Gasteiger partial charge < -0.3 is 15.8 Å². The molecule has 132 valence electrons. The maximum atomic E-state index is 12.5. The lowest BCUT2D eigenvalue weighted by Crippen LogP contribution is -2.29. The molecule has 2 aromatic carbocycles. The molecular weight excluding hydrogens is 340 g/mol. The highest BCUT2D eigenvalue weighted by Gasteiger charge is 2.29. The van der Waals surface area contributed by atoms with E-state index in [1.54, 1.807) is 36.4 Å². The number of hydrogen-bond donors (Lipinski definition) is 2. The minimum Gasteiger partial charge on any atom is -0.364 e. The van der Waals surface area contributed by atoms with Crippen molar-refractivity contribution in [2.75, 3.05) is 11.9 Å². The fraction of sp³-hybridized carbons (Fsp3) is 0.263. The molecule has 1 aliphatic rings. The Balaban J connectivity index is 0.00000225. The van der Waals surface area contributed by atoms with Crippen LogP contribution in [0, 0.1) is 0 Å². The Morgan fingerprint density at radius 2 is 1.76 bits per heavy atom. The molecule has 1 amide bonds. The van der Waals surface area contributed by atoms with E-state index in [0.29, 0.717) is 29.8 Å². The summed E-state index contributed by atoms with van der Waals surface area (Å²) in [5, 5.41) is 2.82. The number of ether oxygens (including phenoxy) is 1. The van der Waals surface area contributed by atoms with Crippen molar-refractivity contribution in [3.63, 3.8) is 0 Å². The molecule has 0 radical (unpaired) electrons. The lowest BCUT2D eigenvalue weighted by atomic mass is 10.0. The van der Waals surface area contributed by atoms with Gasteiger partial charge in [0.15, 0.2) is 5.78 Å². The van der Waals surface area contributed by atoms with Gasteiger partial charge in [-0.15, -0.1) is 12.4 Å². The number of rotatable bonds is 5. The first-order chi connectivity index (χ1) is 11.7. The van der Waals surface area contributed by atoms with E-state index in [1.165, 1.54) is 0 Å². The molecule has 1 saturated heterocycles. The Labute approximate surface area is 153 Å². The molecule has 1 fully saturated rings. The summed E-state index contributed by atoms with van der Waals surface area (Å²) in [5.41, 5.74) is 7.30. The summed E-state index contributed by atoms with van der Waals surface area (Å²) >= 11 is 0. The molecule has 0 saturated carbocycles. The molecule has 5 nitrogen and oxygen atoms in total. The van der Waals surface area contributed by atoms with E-state index in [9.17, 15) is 9.59 Å². The summed E-state index contributed by atoms with van der Waals surface area (Å²) in [6, 6.07) is 16.0. The molecule has 0 aliphatic carbocycles. The highest BCUT2D eigenvalue weighted by molar-refractivity contribution is 6.09. The Kier molecular flexibility index (Phi) is 6.70. The molecule has 25 heavy (non-hydrogen) atoms. The third kappa shape index (κ3) is 4.66. The second-order valence-electron chi connectivity index (χ2n) is 5.82. The summed E-state index contributed by atoms with van der Waals surface area (Å²) < 4.78 is 5.59. The lowest BCUT2D eigenvalue weighted by Gasteiger charge is -2.13. The lowest BCUT2D eigenvalue weighted by molar-refractivity contribution is -0.126. The van der Waals surface area contributed by atoms with Gasteiger partial charge >= 0.3 is 0 Å². The van der Waals surface area contributed by atoms with Gasteiger partial charge in [0.05, 0.1) is 6.10 Å². The van der Waals surface area contributed by atoms with Gasteiger partial charge in [0.1, 0.15) is 6.10 Å². The molecule has 1 aliphatic heterocycles. The predicted octanol–water partition coefficient (Wildman–Crippen LogP) is 2.78. The number of nitrogens with one attached hydrogen (secondary N) is 1. The van der Waals surface area contributed by atoms with Crippen molar-refractivity contribution < 1.29 is 14.3 Å². The molecule has 3 rings (SSSR count). The van der Waals surface area contributed by atoms with Gasteiger partial charge in [-0.05, 0) is 25.0 Å². The van der Waals surface area contributed by atoms with E-state index in [1.807, 2.05) is 18.2 Å². The number of nitrogens with two attached hydrogens (primary N) is 1. The quantitative estimate of drug-likeness (QED) is 0.803. The van der Waals surface area contributed by atoms with Crippen LogP contribution >= 0.6 is 12.4 Å². The number of amides is 1. The van der Waals surface area contributed by atoms with E-state index in [0.717, 1.165) is 6.42 Å². The standard InChI is InChI=1S/C19H20N2O3.ClH/c20-12-16-9-10-17(24-16)19(23)21-15-8-4-7-14(11-15)18(22)13-5-2-1-3-6-13;/h1-8,11,16-17H,9-10,12,20H2,(H,21,23);1H/t16-,17+;/m1./s1. The fourth-order valence-corrected chi connectivity index (χ4v) is 2.79. The molecule has 0 bridgehead atoms. The second kappa shape index (κ2) is 8.76. The van der Waals surface area contributed by atoms with Crippen LogP contribution in [0.3, 0.4) is 0 Å². The first kappa shape index (κ1) is 19.1. The number of halogens is 1. The molecule has 0 spiro atoms. The third-order valence-corrected chi connectivity index (χ3v) is 4.09. The van der Waals surface area contributed by atoms with Gasteiger partial charge in [-0.25, -0.2) is 0 Å². The molecule has 3 N–H and O–H groups in total. The van der Waals surface area contributed by atoms with Crippen LogP contribution in [0.1, 0.15) is 28.8 Å². The smallest absolute Gasteiger partial charge is 0.253 e. The maximum absolute atomic E-state index is 12.5. The number of ketones is 1. The number of carbonyl (C=O) groups excluding carboxylic acids is 2. The largest absolute Gasteiger partial charge is 0.364 e. The minimum atomic E-state index is -0.480. The van der Waals surface area contributed by atoms with Crippen LogP contribution in [0.2, 0.25) is 0 Å². The van der Waals surface area contributed by atoms with Gasteiger partial charge in [0.2, 0.25) is 0 Å². The third-order valence-electron chi connectivity index (χ3n) is 4.09. The van der Waals surface area contributed by atoms with E-state index in [2.05, 4.69) is 5.32 Å². The zero-order valence-electron chi connectivity index (χ0n) is 13.7. The zero-order valence-corrected chi connectivity index (χ0v) is 14.5. The minimum absolute atomic E-state index is 0. The van der Waals surface area contributed by atoms with E-state index >= 15 is 0 Å². The van der Waals surface area contributed by atoms with E-state index in [-0.39, 0.29) is 30.2 Å². The van der Waals surface area contributed by atoms with Gasteiger partial charge in [0, 0.05) is 23.4 Å². The van der Waals surface area contributed by atoms with Crippen LogP contribution in [0.25, 0.3) is 0 Å². The predicted molar refractivity (Wildman–Crippen MR) is 99.1 cm³/mol. The highest BCUT2D eigenvalue weighted by atomic mass is 35.5. The molecule has 1 heterocycles. The van der Waals surface area contributed by atoms with Crippen molar-refractivity contribution >= 4 is 29.8 Å². The second-order valence-corrected chi connectivity index (χ2v) is 5.82. The Bertz CT molecular complexity index is 736. The number of hydrogen-bond acceptors (Lipinski definition) is 4. The summed E-state index contributed by atoms with van der Waals surface area (Å²) in [6.45, 7) is 0.421. The molecule has 6 heteroatoms. The first-order valence-corrected chi connectivity index (χ1v) is 8.03. The molecule has 0 unspecified atom stereocenters. The molecule has 0 aromatic heterocycles. The van der Waals surface area contributed by atoms with Crippen molar-refractivity contribution in [3.8, 4) is 0 Å². The number of anilines is 1. The highest BCUT2D eigenvalue weighted by Crippen LogP contribution is 2.21. The normalized spacial score (nSPS) is 19.1. The van der Waals surface area contributed by atoms with E-state index in [4.69, 9.17) is 10.5 Å². The van der Waals surface area contributed by atoms with Gasteiger partial charge in [-0.1, -0.05) is 42.5 Å². The van der Waals surface area contributed by atoms with Crippen molar-refractivity contribution in [1.82, 2.24) is 0 Å². The average Bonchev–Trinajstić information content (AvgIpc) is 3.11. The van der Waals surface area contributed by atoms with Gasteiger partial charge in [-0.2, -0.15) is 0 Å². The Morgan fingerprint density at radius 1 is 1.04 bits per heavy atom. The number of benzene rings is 2. The van der Waals surface area contributed by atoms with Crippen LogP contribution in [-0.4, -0.2) is 30.4 Å². The van der Waals surface area contributed by atoms with Gasteiger partial charge in [-0.3, -0.25) is 9.59 Å². The van der Waals surface area contributed by atoms with E-state index < -0.39 is 6.10 Å². The van der Waals surface area contributed by atoms with Crippen LogP contribution in [-0.2, 0) is 9.53 Å². The van der Waals surface area contributed by atoms with Crippen molar-refractivity contribution in [2.24, 2.45) is 5.73 Å². The molecular formula is C19H21ClN2O3. The van der Waals surface area contributed by atoms with Crippen molar-refractivity contribution in [2.45, 2.75) is 25.0 Å². The van der Waals surface area contributed by atoms with Crippen LogP contribution in [0.5, 0.6) is 0 Å². The Morgan fingerprint density at radius 3 is 2.44 bits per heavy atom. The molecule has 2 aromatic rings. The number of carbonyl (C=O) groups is 2. The zero-order chi connectivity index (χ0) is 16.9. The summed E-state index contributed by atoms with van der Waals surface area (Å²) in [4.78, 5) is 24.7. The van der Waals surface area contributed by atoms with Crippen molar-refractivity contribution in [3.05, 3.63) is 65.7 Å². The summed E-state index contributed by atoms with van der Waals surface area (Å²) in [6.07, 6.45) is 0.927. The average molecular weight is 361 g/mol. The molecule has 2 atom stereocenters. The van der Waals surface area contributed by atoms with Crippen LogP contribution in [0.4, 0.5) is 5.69 Å². The van der Waals surface area contributed by atoms with Crippen molar-refractivity contribution in [1.29, 1.82) is 0 Å². The summed E-state index contributed by atoms with van der Waals surface area (Å²) in [5.74, 6) is -0.276. The SMILES string of the molecule is Cl.NC[C@H]1CC[C@@H](C(=O)Nc2cccc(C(=O)c3ccccc3)c2)O1. The Hall–Kier alpha value is -2.21. The summed E-state index contributed by atoms with van der Waals surface area (Å²) in [7, 11) is 0. The maximum Gasteiger partial charge on any atom is 0.253 e.